The van der Waals surface area contributed by atoms with Crippen molar-refractivity contribution in [2.45, 2.75) is 12.6 Å². The highest BCUT2D eigenvalue weighted by Crippen LogP contribution is 2.37. The van der Waals surface area contributed by atoms with E-state index in [2.05, 4.69) is 15.9 Å². The zero-order chi connectivity index (χ0) is 14.6. The van der Waals surface area contributed by atoms with Gasteiger partial charge >= 0.3 is 12.1 Å². The van der Waals surface area contributed by atoms with E-state index < -0.39 is 25.2 Å². The summed E-state index contributed by atoms with van der Waals surface area (Å²) >= 11 is 3.04. The Morgan fingerprint density at radius 2 is 2.05 bits per heavy atom. The molecule has 106 valence electrons. The molecule has 0 heterocycles. The lowest BCUT2D eigenvalue weighted by atomic mass is 10.2. The number of benzene rings is 1. The summed E-state index contributed by atoms with van der Waals surface area (Å²) in [6, 6.07) is 2.41. The Kier molecular flexibility index (Phi) is 5.04. The van der Waals surface area contributed by atoms with Gasteiger partial charge in [0.2, 0.25) is 0 Å². The van der Waals surface area contributed by atoms with Gasteiger partial charge in [-0.25, -0.2) is 4.79 Å². The first-order valence-electron chi connectivity index (χ1n) is 5.05. The topological polar surface area (TPSA) is 55.8 Å². The molecule has 0 radical (unpaired) electrons. The molecule has 0 aliphatic rings. The molecule has 1 N–H and O–H groups in total. The van der Waals surface area contributed by atoms with Crippen LogP contribution in [0.4, 0.5) is 13.2 Å². The van der Waals surface area contributed by atoms with Crippen molar-refractivity contribution in [2.75, 3.05) is 13.7 Å². The van der Waals surface area contributed by atoms with Crippen LogP contribution < -0.4 is 9.47 Å². The predicted molar refractivity (Wildman–Crippen MR) is 63.8 cm³/mol. The molecular weight excluding hydrogens is 333 g/mol. The molecule has 1 aromatic rings. The first kappa shape index (κ1) is 15.6. The predicted octanol–water partition coefficient (Wildman–Crippen LogP) is 3.49. The second kappa shape index (κ2) is 6.14. The van der Waals surface area contributed by atoms with E-state index in [-0.39, 0.29) is 21.5 Å². The number of carboxylic acids is 1. The van der Waals surface area contributed by atoms with Crippen molar-refractivity contribution >= 4 is 21.9 Å². The van der Waals surface area contributed by atoms with Crippen molar-refractivity contribution in [2.24, 2.45) is 0 Å². The highest BCUT2D eigenvalue weighted by molar-refractivity contribution is 9.10. The van der Waals surface area contributed by atoms with Gasteiger partial charge in [-0.05, 0) is 28.1 Å². The molecule has 0 atom stereocenters. The molecule has 0 spiro atoms. The first-order chi connectivity index (χ1) is 8.74. The van der Waals surface area contributed by atoms with Gasteiger partial charge in [0.1, 0.15) is 0 Å². The molecule has 0 aromatic heterocycles. The van der Waals surface area contributed by atoms with E-state index in [0.29, 0.717) is 0 Å². The molecule has 0 amide bonds. The SMILES string of the molecule is COc1cc(C(=O)O)cc(Br)c1OCCC(F)(F)F. The lowest BCUT2D eigenvalue weighted by molar-refractivity contribution is -0.139. The van der Waals surface area contributed by atoms with Crippen LogP contribution in [-0.2, 0) is 0 Å². The number of halogens is 4. The fraction of sp³-hybridized carbons (Fsp3) is 0.364. The first-order valence-corrected chi connectivity index (χ1v) is 5.84. The third-order valence-corrected chi connectivity index (χ3v) is 2.70. The zero-order valence-corrected chi connectivity index (χ0v) is 11.3. The van der Waals surface area contributed by atoms with E-state index >= 15 is 0 Å². The van der Waals surface area contributed by atoms with Gasteiger partial charge in [-0.15, -0.1) is 0 Å². The average molecular weight is 343 g/mol. The van der Waals surface area contributed by atoms with Crippen molar-refractivity contribution in [3.63, 3.8) is 0 Å². The summed E-state index contributed by atoms with van der Waals surface area (Å²) in [5, 5.41) is 8.84. The normalized spacial score (nSPS) is 11.2. The quantitative estimate of drug-likeness (QED) is 0.889. The number of ether oxygens (including phenoxy) is 2. The van der Waals surface area contributed by atoms with Crippen LogP contribution in [0.3, 0.4) is 0 Å². The molecule has 19 heavy (non-hydrogen) atoms. The van der Waals surface area contributed by atoms with Gasteiger partial charge < -0.3 is 14.6 Å². The molecule has 0 aliphatic heterocycles. The minimum Gasteiger partial charge on any atom is -0.493 e. The molecular formula is C11H10BrF3O4. The van der Waals surface area contributed by atoms with Crippen LogP contribution in [0.1, 0.15) is 16.8 Å². The van der Waals surface area contributed by atoms with Crippen molar-refractivity contribution in [3.8, 4) is 11.5 Å². The molecule has 0 saturated carbocycles. The molecule has 1 aromatic carbocycles. The summed E-state index contributed by atoms with van der Waals surface area (Å²) in [5.41, 5.74) is -0.0631. The van der Waals surface area contributed by atoms with E-state index in [4.69, 9.17) is 14.6 Å². The van der Waals surface area contributed by atoms with Crippen LogP contribution >= 0.6 is 15.9 Å². The Morgan fingerprint density at radius 3 is 2.53 bits per heavy atom. The number of hydrogen-bond donors (Lipinski definition) is 1. The third-order valence-electron chi connectivity index (χ3n) is 2.11. The molecule has 0 unspecified atom stereocenters. The number of alkyl halides is 3. The van der Waals surface area contributed by atoms with Gasteiger partial charge in [0.05, 0.1) is 30.2 Å². The Balaban J connectivity index is 2.91. The Bertz CT molecular complexity index is 474. The van der Waals surface area contributed by atoms with Crippen LogP contribution in [0.2, 0.25) is 0 Å². The van der Waals surface area contributed by atoms with Gasteiger partial charge in [-0.3, -0.25) is 0 Å². The Morgan fingerprint density at radius 1 is 1.42 bits per heavy atom. The molecule has 8 heteroatoms. The van der Waals surface area contributed by atoms with E-state index in [1.165, 1.54) is 19.2 Å². The Labute approximate surface area is 115 Å². The molecule has 0 fully saturated rings. The van der Waals surface area contributed by atoms with E-state index in [1.54, 1.807) is 0 Å². The second-order valence-corrected chi connectivity index (χ2v) is 4.36. The minimum atomic E-state index is -4.32. The van der Waals surface area contributed by atoms with Crippen LogP contribution in [-0.4, -0.2) is 31.0 Å². The average Bonchev–Trinajstić information content (AvgIpc) is 2.28. The van der Waals surface area contributed by atoms with E-state index in [9.17, 15) is 18.0 Å². The largest absolute Gasteiger partial charge is 0.493 e. The highest BCUT2D eigenvalue weighted by atomic mass is 79.9. The van der Waals surface area contributed by atoms with Gasteiger partial charge in [0, 0.05) is 0 Å². The number of rotatable bonds is 5. The van der Waals surface area contributed by atoms with Crippen molar-refractivity contribution in [1.82, 2.24) is 0 Å². The monoisotopic (exact) mass is 342 g/mol. The van der Waals surface area contributed by atoms with E-state index in [0.717, 1.165) is 0 Å². The summed E-state index contributed by atoms with van der Waals surface area (Å²) < 4.78 is 46.1. The molecule has 0 aliphatic carbocycles. The van der Waals surface area contributed by atoms with Gasteiger partial charge in [-0.2, -0.15) is 13.2 Å². The van der Waals surface area contributed by atoms with E-state index in [1.807, 2.05) is 0 Å². The summed E-state index contributed by atoms with van der Waals surface area (Å²) in [4.78, 5) is 10.8. The minimum absolute atomic E-state index is 0.0387. The summed E-state index contributed by atoms with van der Waals surface area (Å²) in [6.07, 6.45) is -5.43. The highest BCUT2D eigenvalue weighted by Gasteiger charge is 2.27. The standard InChI is InChI=1S/C11H10BrF3O4/c1-18-8-5-6(10(16)17)4-7(12)9(8)19-3-2-11(13,14)15/h4-5H,2-3H2,1H3,(H,16,17). The lowest BCUT2D eigenvalue weighted by Crippen LogP contribution is -2.13. The molecule has 4 nitrogen and oxygen atoms in total. The van der Waals surface area contributed by atoms with Gasteiger partial charge in [-0.1, -0.05) is 0 Å². The maximum Gasteiger partial charge on any atom is 0.392 e. The number of aromatic carboxylic acids is 1. The fourth-order valence-corrected chi connectivity index (χ4v) is 1.81. The van der Waals surface area contributed by atoms with Gasteiger partial charge in [0.15, 0.2) is 11.5 Å². The zero-order valence-electron chi connectivity index (χ0n) is 9.75. The number of hydrogen-bond acceptors (Lipinski definition) is 3. The summed E-state index contributed by atoms with van der Waals surface area (Å²) in [7, 11) is 1.27. The molecule has 1 rings (SSSR count). The number of methoxy groups -OCH3 is 1. The smallest absolute Gasteiger partial charge is 0.392 e. The van der Waals surface area contributed by atoms with Crippen LogP contribution in [0.25, 0.3) is 0 Å². The maximum atomic E-state index is 12.0. The maximum absolute atomic E-state index is 12.0. The van der Waals surface area contributed by atoms with Crippen LogP contribution in [0.5, 0.6) is 11.5 Å². The molecule has 0 saturated heterocycles. The second-order valence-electron chi connectivity index (χ2n) is 3.51. The van der Waals surface area contributed by atoms with Crippen molar-refractivity contribution < 1.29 is 32.5 Å². The van der Waals surface area contributed by atoms with Crippen molar-refractivity contribution in [3.05, 3.63) is 22.2 Å². The van der Waals surface area contributed by atoms with Crippen LogP contribution in [0.15, 0.2) is 16.6 Å². The Hall–Kier alpha value is -1.44. The molecule has 0 bridgehead atoms. The number of carbonyl (C=O) groups is 1. The van der Waals surface area contributed by atoms with Crippen molar-refractivity contribution in [1.29, 1.82) is 0 Å². The van der Waals surface area contributed by atoms with Crippen LogP contribution in [0, 0.1) is 0 Å². The number of carboxylic acid groups (broad SMARTS) is 1. The summed E-state index contributed by atoms with van der Waals surface area (Å²) in [6.45, 7) is -0.578. The third kappa shape index (κ3) is 4.62. The summed E-state index contributed by atoms with van der Waals surface area (Å²) in [5.74, 6) is -1.09. The lowest BCUT2D eigenvalue weighted by Gasteiger charge is -2.14. The fourth-order valence-electron chi connectivity index (χ4n) is 1.25. The van der Waals surface area contributed by atoms with Gasteiger partial charge in [0.25, 0.3) is 0 Å².